The van der Waals surface area contributed by atoms with E-state index in [9.17, 15) is 0 Å². The monoisotopic (exact) mass is 289 g/mol. The van der Waals surface area contributed by atoms with Crippen molar-refractivity contribution in [3.05, 3.63) is 35.9 Å². The molecule has 3 rings (SSSR count). The predicted molar refractivity (Wildman–Crippen MR) is 89.5 cm³/mol. The van der Waals surface area contributed by atoms with Crippen LogP contribution in [0.2, 0.25) is 0 Å². The Morgan fingerprint density at radius 2 is 1.76 bits per heavy atom. The lowest BCUT2D eigenvalue weighted by molar-refractivity contribution is 0.186. The van der Waals surface area contributed by atoms with Crippen molar-refractivity contribution in [3.63, 3.8) is 0 Å². The number of nitrogens with zero attached hydrogens (tertiary/aromatic N) is 1. The second kappa shape index (κ2) is 9.22. The summed E-state index contributed by atoms with van der Waals surface area (Å²) in [5, 5.41) is 8.52. The standard InChI is InChI=1S/C11H21N.C8H10O/c1-10-7-8-12(9-10)11-5-3-2-4-6-11;9-7-6-8-4-2-1-3-5-8/h10-11H,2-9H2,1H3;1-5,9H,6-7H2. The molecule has 2 heteroatoms. The molecule has 118 valence electrons. The number of aliphatic hydroxyl groups excluding tert-OH is 1. The van der Waals surface area contributed by atoms with Crippen molar-refractivity contribution >= 4 is 0 Å². The van der Waals surface area contributed by atoms with E-state index < -0.39 is 0 Å². The smallest absolute Gasteiger partial charge is 0.0471 e. The van der Waals surface area contributed by atoms with Crippen LogP contribution >= 0.6 is 0 Å². The van der Waals surface area contributed by atoms with Crippen molar-refractivity contribution in [2.24, 2.45) is 5.92 Å². The van der Waals surface area contributed by atoms with Crippen LogP contribution in [0.25, 0.3) is 0 Å². The van der Waals surface area contributed by atoms with Crippen LogP contribution in [0.1, 0.15) is 51.0 Å². The van der Waals surface area contributed by atoms with Crippen LogP contribution < -0.4 is 0 Å². The molecule has 2 aliphatic rings. The molecule has 21 heavy (non-hydrogen) atoms. The molecule has 0 aromatic heterocycles. The van der Waals surface area contributed by atoms with Gasteiger partial charge in [0.05, 0.1) is 0 Å². The van der Waals surface area contributed by atoms with Crippen molar-refractivity contribution in [2.75, 3.05) is 19.7 Å². The van der Waals surface area contributed by atoms with Crippen molar-refractivity contribution in [2.45, 2.75) is 57.9 Å². The van der Waals surface area contributed by atoms with E-state index in [1.54, 1.807) is 0 Å². The number of rotatable bonds is 3. The molecule has 1 aliphatic carbocycles. The summed E-state index contributed by atoms with van der Waals surface area (Å²) < 4.78 is 0. The molecule has 1 saturated carbocycles. The van der Waals surface area contributed by atoms with Gasteiger partial charge in [-0.25, -0.2) is 0 Å². The normalized spacial score (nSPS) is 23.6. The van der Waals surface area contributed by atoms with E-state index in [2.05, 4.69) is 11.8 Å². The zero-order valence-electron chi connectivity index (χ0n) is 13.5. The van der Waals surface area contributed by atoms with E-state index in [0.29, 0.717) is 0 Å². The Bertz CT molecular complexity index is 370. The van der Waals surface area contributed by atoms with E-state index in [-0.39, 0.29) is 6.61 Å². The first-order valence-corrected chi connectivity index (χ1v) is 8.68. The first-order valence-electron chi connectivity index (χ1n) is 8.68. The van der Waals surface area contributed by atoms with Crippen molar-refractivity contribution in [3.8, 4) is 0 Å². The van der Waals surface area contributed by atoms with Gasteiger partial charge in [0.1, 0.15) is 0 Å². The minimum absolute atomic E-state index is 0.240. The Labute approximate surface area is 130 Å². The second-order valence-corrected chi connectivity index (χ2v) is 6.64. The van der Waals surface area contributed by atoms with Gasteiger partial charge in [-0.05, 0) is 43.7 Å². The average Bonchev–Trinajstić information content (AvgIpc) is 2.97. The summed E-state index contributed by atoms with van der Waals surface area (Å²) in [6, 6.07) is 10.9. The fraction of sp³-hybridized carbons (Fsp3) is 0.684. The van der Waals surface area contributed by atoms with Gasteiger partial charge in [-0.2, -0.15) is 0 Å². The summed E-state index contributed by atoms with van der Waals surface area (Å²) in [4.78, 5) is 2.74. The summed E-state index contributed by atoms with van der Waals surface area (Å²) >= 11 is 0. The largest absolute Gasteiger partial charge is 0.396 e. The molecule has 0 radical (unpaired) electrons. The summed E-state index contributed by atoms with van der Waals surface area (Å²) in [7, 11) is 0. The zero-order valence-corrected chi connectivity index (χ0v) is 13.5. The maximum Gasteiger partial charge on any atom is 0.0471 e. The molecule has 2 nitrogen and oxygen atoms in total. The lowest BCUT2D eigenvalue weighted by Crippen LogP contribution is -2.34. The summed E-state index contributed by atoms with van der Waals surface area (Å²) in [5.74, 6) is 0.965. The minimum Gasteiger partial charge on any atom is -0.396 e. The summed E-state index contributed by atoms with van der Waals surface area (Å²) in [6.07, 6.45) is 9.61. The lowest BCUT2D eigenvalue weighted by atomic mass is 9.94. The molecule has 1 unspecified atom stereocenters. The SMILES string of the molecule is CC1CCN(C2CCCCC2)C1.OCCc1ccccc1. The topological polar surface area (TPSA) is 23.5 Å². The van der Waals surface area contributed by atoms with E-state index in [1.165, 1.54) is 57.2 Å². The van der Waals surface area contributed by atoms with Gasteiger partial charge in [-0.3, -0.25) is 0 Å². The van der Waals surface area contributed by atoms with Crippen LogP contribution in [0, 0.1) is 5.92 Å². The first kappa shape index (κ1) is 16.5. The van der Waals surface area contributed by atoms with Crippen LogP contribution in [0.4, 0.5) is 0 Å². The quantitative estimate of drug-likeness (QED) is 0.912. The van der Waals surface area contributed by atoms with Gasteiger partial charge in [-0.15, -0.1) is 0 Å². The Balaban J connectivity index is 0.000000161. The van der Waals surface area contributed by atoms with E-state index in [0.717, 1.165) is 18.4 Å². The van der Waals surface area contributed by atoms with E-state index >= 15 is 0 Å². The summed E-state index contributed by atoms with van der Waals surface area (Å²) in [6.45, 7) is 5.39. The molecule has 1 N–H and O–H groups in total. The number of likely N-dealkylation sites (tertiary alicyclic amines) is 1. The van der Waals surface area contributed by atoms with Gasteiger partial charge >= 0.3 is 0 Å². The first-order chi connectivity index (χ1) is 10.3. The van der Waals surface area contributed by atoms with Crippen LogP contribution in [0.5, 0.6) is 0 Å². The Kier molecular flexibility index (Phi) is 7.25. The predicted octanol–water partition coefficient (Wildman–Crippen LogP) is 3.88. The molecule has 0 bridgehead atoms. The Morgan fingerprint density at radius 1 is 1.05 bits per heavy atom. The van der Waals surface area contributed by atoms with Crippen LogP contribution in [-0.4, -0.2) is 35.7 Å². The third-order valence-electron chi connectivity index (χ3n) is 4.79. The number of aliphatic hydroxyl groups is 1. The molecule has 1 aromatic rings. The zero-order chi connectivity index (χ0) is 14.9. The van der Waals surface area contributed by atoms with Crippen molar-refractivity contribution < 1.29 is 5.11 Å². The maximum atomic E-state index is 8.52. The molecule has 2 fully saturated rings. The van der Waals surface area contributed by atoms with Gasteiger partial charge in [0.15, 0.2) is 0 Å². The highest BCUT2D eigenvalue weighted by molar-refractivity contribution is 5.14. The van der Waals surface area contributed by atoms with Gasteiger partial charge in [0, 0.05) is 19.2 Å². The minimum atomic E-state index is 0.240. The van der Waals surface area contributed by atoms with E-state index in [1.807, 2.05) is 30.3 Å². The lowest BCUT2D eigenvalue weighted by Gasteiger charge is -2.30. The average molecular weight is 289 g/mol. The van der Waals surface area contributed by atoms with Gasteiger partial charge in [0.2, 0.25) is 0 Å². The number of hydrogen-bond acceptors (Lipinski definition) is 2. The maximum absolute atomic E-state index is 8.52. The van der Waals surface area contributed by atoms with Crippen molar-refractivity contribution in [1.29, 1.82) is 0 Å². The second-order valence-electron chi connectivity index (χ2n) is 6.64. The van der Waals surface area contributed by atoms with Crippen molar-refractivity contribution in [1.82, 2.24) is 4.90 Å². The van der Waals surface area contributed by atoms with Gasteiger partial charge in [-0.1, -0.05) is 56.5 Å². The molecule has 1 aliphatic heterocycles. The van der Waals surface area contributed by atoms with E-state index in [4.69, 9.17) is 5.11 Å². The molecule has 0 amide bonds. The van der Waals surface area contributed by atoms with Crippen LogP contribution in [0.3, 0.4) is 0 Å². The third-order valence-corrected chi connectivity index (χ3v) is 4.79. The molecule has 0 spiro atoms. The van der Waals surface area contributed by atoms with Crippen LogP contribution in [0.15, 0.2) is 30.3 Å². The highest BCUT2D eigenvalue weighted by atomic mass is 16.2. The highest BCUT2D eigenvalue weighted by Gasteiger charge is 2.26. The molecule has 1 heterocycles. The molecule has 1 aromatic carbocycles. The summed E-state index contributed by atoms with van der Waals surface area (Å²) in [5.41, 5.74) is 1.19. The highest BCUT2D eigenvalue weighted by Crippen LogP contribution is 2.27. The fourth-order valence-electron chi connectivity index (χ4n) is 3.52. The number of benzene rings is 1. The van der Waals surface area contributed by atoms with Crippen LogP contribution in [-0.2, 0) is 6.42 Å². The van der Waals surface area contributed by atoms with Gasteiger partial charge < -0.3 is 10.0 Å². The fourth-order valence-corrected chi connectivity index (χ4v) is 3.52. The molecule has 1 atom stereocenters. The molecular formula is C19H31NO. The third kappa shape index (κ3) is 5.80. The molecule has 1 saturated heterocycles. The molecular weight excluding hydrogens is 258 g/mol. The Hall–Kier alpha value is -0.860. The Morgan fingerprint density at radius 3 is 2.33 bits per heavy atom. The number of hydrogen-bond donors (Lipinski definition) is 1. The van der Waals surface area contributed by atoms with Gasteiger partial charge in [0.25, 0.3) is 0 Å².